The lowest BCUT2D eigenvalue weighted by atomic mass is 10.2. The maximum atomic E-state index is 12.7. The second-order valence-corrected chi connectivity index (χ2v) is 4.36. The van der Waals surface area contributed by atoms with Crippen molar-refractivity contribution in [2.24, 2.45) is 0 Å². The van der Waals surface area contributed by atoms with Gasteiger partial charge in [0.25, 0.3) is 0 Å². The van der Waals surface area contributed by atoms with E-state index in [0.29, 0.717) is 0 Å². The van der Waals surface area contributed by atoms with E-state index in [1.54, 1.807) is 12.1 Å². The SMILES string of the molecule is Fc1ccc(-c2ccc(CCCBr)o2)cc1. The summed E-state index contributed by atoms with van der Waals surface area (Å²) in [5, 5.41) is 0.972. The Hall–Kier alpha value is -1.09. The number of alkyl halides is 1. The monoisotopic (exact) mass is 282 g/mol. The molecule has 0 saturated heterocycles. The molecule has 0 N–H and O–H groups in total. The van der Waals surface area contributed by atoms with Gasteiger partial charge in [-0.05, 0) is 42.8 Å². The number of hydrogen-bond donors (Lipinski definition) is 0. The quantitative estimate of drug-likeness (QED) is 0.757. The zero-order chi connectivity index (χ0) is 11.4. The number of benzene rings is 1. The number of furan rings is 1. The molecule has 0 fully saturated rings. The van der Waals surface area contributed by atoms with E-state index < -0.39 is 0 Å². The lowest BCUT2D eigenvalue weighted by Gasteiger charge is -1.97. The normalized spacial score (nSPS) is 10.6. The maximum Gasteiger partial charge on any atom is 0.134 e. The Balaban J connectivity index is 2.15. The van der Waals surface area contributed by atoms with Crippen LogP contribution in [0.25, 0.3) is 11.3 Å². The van der Waals surface area contributed by atoms with Crippen molar-refractivity contribution < 1.29 is 8.81 Å². The lowest BCUT2D eigenvalue weighted by molar-refractivity contribution is 0.519. The highest BCUT2D eigenvalue weighted by Crippen LogP contribution is 2.23. The van der Waals surface area contributed by atoms with E-state index in [1.807, 2.05) is 12.1 Å². The number of hydrogen-bond acceptors (Lipinski definition) is 1. The molecule has 0 aliphatic carbocycles. The first-order valence-corrected chi connectivity index (χ1v) is 6.32. The smallest absolute Gasteiger partial charge is 0.134 e. The third-order valence-electron chi connectivity index (χ3n) is 2.35. The molecule has 0 aliphatic rings. The van der Waals surface area contributed by atoms with E-state index in [9.17, 15) is 4.39 Å². The molecule has 0 aliphatic heterocycles. The molecule has 0 radical (unpaired) electrons. The average molecular weight is 283 g/mol. The largest absolute Gasteiger partial charge is 0.461 e. The van der Waals surface area contributed by atoms with Crippen LogP contribution in [-0.4, -0.2) is 5.33 Å². The van der Waals surface area contributed by atoms with Crippen molar-refractivity contribution >= 4 is 15.9 Å². The summed E-state index contributed by atoms with van der Waals surface area (Å²) in [6, 6.07) is 10.2. The molecule has 1 aromatic heterocycles. The predicted octanol–water partition coefficient (Wildman–Crippen LogP) is 4.41. The fraction of sp³-hybridized carbons (Fsp3) is 0.231. The highest BCUT2D eigenvalue weighted by molar-refractivity contribution is 9.09. The van der Waals surface area contributed by atoms with Gasteiger partial charge in [-0.3, -0.25) is 0 Å². The minimum Gasteiger partial charge on any atom is -0.461 e. The maximum absolute atomic E-state index is 12.7. The molecule has 16 heavy (non-hydrogen) atoms. The zero-order valence-electron chi connectivity index (χ0n) is 8.75. The summed E-state index contributed by atoms with van der Waals surface area (Å²) >= 11 is 3.38. The number of aryl methyl sites for hydroxylation is 1. The average Bonchev–Trinajstić information content (AvgIpc) is 2.76. The van der Waals surface area contributed by atoms with Crippen molar-refractivity contribution in [2.45, 2.75) is 12.8 Å². The van der Waals surface area contributed by atoms with Crippen LogP contribution in [0.4, 0.5) is 4.39 Å². The van der Waals surface area contributed by atoms with Crippen LogP contribution < -0.4 is 0 Å². The van der Waals surface area contributed by atoms with Crippen LogP contribution in [0.3, 0.4) is 0 Å². The van der Waals surface area contributed by atoms with Crippen LogP contribution in [0, 0.1) is 5.82 Å². The Morgan fingerprint density at radius 3 is 2.50 bits per heavy atom. The first kappa shape index (κ1) is 11.4. The summed E-state index contributed by atoms with van der Waals surface area (Å²) < 4.78 is 18.4. The Bertz CT molecular complexity index is 447. The molecule has 1 heterocycles. The zero-order valence-corrected chi connectivity index (χ0v) is 10.3. The summed E-state index contributed by atoms with van der Waals surface area (Å²) in [5.74, 6) is 1.54. The first-order valence-electron chi connectivity index (χ1n) is 5.20. The predicted molar refractivity (Wildman–Crippen MR) is 66.2 cm³/mol. The van der Waals surface area contributed by atoms with Gasteiger partial charge in [0.05, 0.1) is 0 Å². The molecule has 0 spiro atoms. The lowest BCUT2D eigenvalue weighted by Crippen LogP contribution is -1.81. The summed E-state index contributed by atoms with van der Waals surface area (Å²) in [6.07, 6.45) is 1.98. The topological polar surface area (TPSA) is 13.1 Å². The third kappa shape index (κ3) is 2.73. The van der Waals surface area contributed by atoms with Gasteiger partial charge in [0.2, 0.25) is 0 Å². The fourth-order valence-corrected chi connectivity index (χ4v) is 1.80. The minimum absolute atomic E-state index is 0.227. The van der Waals surface area contributed by atoms with Gasteiger partial charge >= 0.3 is 0 Å². The van der Waals surface area contributed by atoms with Crippen molar-refractivity contribution in [3.8, 4) is 11.3 Å². The van der Waals surface area contributed by atoms with Crippen molar-refractivity contribution in [3.63, 3.8) is 0 Å². The molecule has 84 valence electrons. The van der Waals surface area contributed by atoms with Crippen LogP contribution in [0.15, 0.2) is 40.8 Å². The third-order valence-corrected chi connectivity index (χ3v) is 2.91. The second-order valence-electron chi connectivity index (χ2n) is 3.57. The Labute approximate surface area is 102 Å². The number of rotatable bonds is 4. The first-order chi connectivity index (χ1) is 7.79. The standard InChI is InChI=1S/C13H12BrFO/c14-9-1-2-12-7-8-13(16-12)10-3-5-11(15)6-4-10/h3-8H,1-2,9H2. The molecule has 2 aromatic rings. The molecule has 0 saturated carbocycles. The van der Waals surface area contributed by atoms with Crippen LogP contribution in [0.2, 0.25) is 0 Å². The van der Waals surface area contributed by atoms with Gasteiger partial charge in [0.1, 0.15) is 17.3 Å². The van der Waals surface area contributed by atoms with E-state index in [4.69, 9.17) is 4.42 Å². The molecule has 2 rings (SSSR count). The molecule has 0 atom stereocenters. The van der Waals surface area contributed by atoms with Crippen LogP contribution in [-0.2, 0) is 6.42 Å². The molecular formula is C13H12BrFO. The van der Waals surface area contributed by atoms with Gasteiger partial charge in [-0.25, -0.2) is 4.39 Å². The van der Waals surface area contributed by atoms with E-state index >= 15 is 0 Å². The molecule has 3 heteroatoms. The van der Waals surface area contributed by atoms with E-state index in [0.717, 1.165) is 35.3 Å². The highest BCUT2D eigenvalue weighted by Gasteiger charge is 2.04. The molecule has 1 nitrogen and oxygen atoms in total. The van der Waals surface area contributed by atoms with Crippen LogP contribution in [0.5, 0.6) is 0 Å². The molecule has 1 aromatic carbocycles. The van der Waals surface area contributed by atoms with Crippen molar-refractivity contribution in [1.29, 1.82) is 0 Å². The van der Waals surface area contributed by atoms with Gasteiger partial charge in [-0.15, -0.1) is 0 Å². The molecular weight excluding hydrogens is 271 g/mol. The van der Waals surface area contributed by atoms with Crippen LogP contribution in [0.1, 0.15) is 12.2 Å². The van der Waals surface area contributed by atoms with Gasteiger partial charge in [-0.2, -0.15) is 0 Å². The highest BCUT2D eigenvalue weighted by atomic mass is 79.9. The fourth-order valence-electron chi connectivity index (χ4n) is 1.52. The van der Waals surface area contributed by atoms with E-state index in [2.05, 4.69) is 15.9 Å². The van der Waals surface area contributed by atoms with Gasteiger partial charge < -0.3 is 4.42 Å². The summed E-state index contributed by atoms with van der Waals surface area (Å²) in [7, 11) is 0. The van der Waals surface area contributed by atoms with Gasteiger partial charge in [-0.1, -0.05) is 15.9 Å². The Morgan fingerprint density at radius 1 is 1.06 bits per heavy atom. The molecule has 0 bridgehead atoms. The van der Waals surface area contributed by atoms with Gasteiger partial charge in [0.15, 0.2) is 0 Å². The van der Waals surface area contributed by atoms with Crippen LogP contribution >= 0.6 is 15.9 Å². The van der Waals surface area contributed by atoms with E-state index in [-0.39, 0.29) is 5.82 Å². The minimum atomic E-state index is -0.227. The summed E-state index contributed by atoms with van der Waals surface area (Å²) in [5.41, 5.74) is 0.909. The summed E-state index contributed by atoms with van der Waals surface area (Å²) in [6.45, 7) is 0. The van der Waals surface area contributed by atoms with Crippen molar-refractivity contribution in [2.75, 3.05) is 5.33 Å². The second kappa shape index (κ2) is 5.30. The van der Waals surface area contributed by atoms with Crippen molar-refractivity contribution in [1.82, 2.24) is 0 Å². The Kier molecular flexibility index (Phi) is 3.78. The Morgan fingerprint density at radius 2 is 1.81 bits per heavy atom. The van der Waals surface area contributed by atoms with E-state index in [1.165, 1.54) is 12.1 Å². The summed E-state index contributed by atoms with van der Waals surface area (Å²) in [4.78, 5) is 0. The molecule has 0 unspecified atom stereocenters. The molecule has 0 amide bonds. The number of halogens is 2. The van der Waals surface area contributed by atoms with Crippen molar-refractivity contribution in [3.05, 3.63) is 48.0 Å². The van der Waals surface area contributed by atoms with Gasteiger partial charge in [0, 0.05) is 17.3 Å².